The number of hydrogen-bond donors (Lipinski definition) is 4. The number of nitrogens with zero attached hydrogens (tertiary/aromatic N) is 1. The first-order valence-electron chi connectivity index (χ1n) is 8.40. The average Bonchev–Trinajstić information content (AvgIpc) is 2.64. The zero-order valence-electron chi connectivity index (χ0n) is 14.9. The highest BCUT2D eigenvalue weighted by molar-refractivity contribution is 5.89. The fraction of sp³-hybridized carbons (Fsp3) is 0.444. The van der Waals surface area contributed by atoms with Crippen LogP contribution >= 0.6 is 0 Å². The summed E-state index contributed by atoms with van der Waals surface area (Å²) in [5.74, 6) is -2.12. The lowest BCUT2D eigenvalue weighted by atomic mass is 10.1. The van der Waals surface area contributed by atoms with E-state index in [4.69, 9.17) is 15.1 Å². The number of carboxylic acid groups (broad SMARTS) is 1. The molecule has 0 fully saturated rings. The monoisotopic (exact) mass is 377 g/mol. The molecule has 9 nitrogen and oxygen atoms in total. The third kappa shape index (κ3) is 8.20. The highest BCUT2D eigenvalue weighted by atomic mass is 16.5. The fourth-order valence-electron chi connectivity index (χ4n) is 2.20. The van der Waals surface area contributed by atoms with Crippen molar-refractivity contribution in [2.75, 3.05) is 0 Å². The molecular formula is C18H23N3O6. The van der Waals surface area contributed by atoms with E-state index >= 15 is 0 Å². The summed E-state index contributed by atoms with van der Waals surface area (Å²) in [5.41, 5.74) is 0.745. The first-order valence-corrected chi connectivity index (χ1v) is 8.40. The number of unbranched alkanes of at least 4 members (excludes halogenated alkanes) is 1. The number of carbonyl (C=O) groups is 3. The number of alkyl carbamates (subject to hydrolysis) is 1. The molecule has 0 aliphatic heterocycles. The van der Waals surface area contributed by atoms with Gasteiger partial charge in [0.1, 0.15) is 18.7 Å². The molecule has 4 N–H and O–H groups in total. The van der Waals surface area contributed by atoms with Gasteiger partial charge in [0.2, 0.25) is 5.91 Å². The predicted molar refractivity (Wildman–Crippen MR) is 94.3 cm³/mol. The molecule has 0 heterocycles. The van der Waals surface area contributed by atoms with Crippen molar-refractivity contribution < 1.29 is 29.3 Å². The third-order valence-electron chi connectivity index (χ3n) is 3.65. The number of benzene rings is 1. The normalized spacial score (nSPS) is 13.5. The van der Waals surface area contributed by atoms with Crippen molar-refractivity contribution in [2.45, 2.75) is 51.0 Å². The second kappa shape index (κ2) is 11.5. The number of aliphatic hydroxyl groups excluding tert-OH is 1. The zero-order chi connectivity index (χ0) is 20.2. The van der Waals surface area contributed by atoms with Crippen LogP contribution in [0, 0.1) is 11.3 Å². The minimum Gasteiger partial charge on any atom is -0.480 e. The van der Waals surface area contributed by atoms with E-state index in [-0.39, 0.29) is 19.4 Å². The quantitative estimate of drug-likeness (QED) is 0.443. The fourth-order valence-corrected chi connectivity index (χ4v) is 2.20. The van der Waals surface area contributed by atoms with E-state index in [0.29, 0.717) is 6.42 Å². The van der Waals surface area contributed by atoms with Gasteiger partial charge in [-0.3, -0.25) is 4.79 Å². The molecule has 146 valence electrons. The van der Waals surface area contributed by atoms with Crippen molar-refractivity contribution in [1.82, 2.24) is 10.6 Å². The second-order valence-electron chi connectivity index (χ2n) is 5.87. The van der Waals surface area contributed by atoms with Gasteiger partial charge < -0.3 is 25.6 Å². The SMILES string of the molecule is C[C@@H](O)[C@H](NC(=O)OCc1ccccc1)C(=O)N[C@@H](CCCC#N)C(=O)O. The lowest BCUT2D eigenvalue weighted by Gasteiger charge is -2.23. The van der Waals surface area contributed by atoms with E-state index < -0.39 is 36.2 Å². The van der Waals surface area contributed by atoms with E-state index in [1.165, 1.54) is 6.92 Å². The highest BCUT2D eigenvalue weighted by Gasteiger charge is 2.29. The van der Waals surface area contributed by atoms with Crippen LogP contribution in [0.3, 0.4) is 0 Å². The molecule has 27 heavy (non-hydrogen) atoms. The van der Waals surface area contributed by atoms with Crippen LogP contribution < -0.4 is 10.6 Å². The predicted octanol–water partition coefficient (Wildman–Crippen LogP) is 0.925. The Morgan fingerprint density at radius 2 is 1.89 bits per heavy atom. The first kappa shape index (κ1) is 21.9. The molecule has 1 aromatic rings. The summed E-state index contributed by atoms with van der Waals surface area (Å²) in [5, 5.41) is 31.9. The van der Waals surface area contributed by atoms with Crippen molar-refractivity contribution in [3.05, 3.63) is 35.9 Å². The lowest BCUT2D eigenvalue weighted by Crippen LogP contribution is -2.55. The molecule has 0 unspecified atom stereocenters. The summed E-state index contributed by atoms with van der Waals surface area (Å²) in [6.07, 6.45) is -1.69. The van der Waals surface area contributed by atoms with Crippen LogP contribution in [-0.4, -0.2) is 46.4 Å². The molecule has 0 bridgehead atoms. The summed E-state index contributed by atoms with van der Waals surface area (Å²) >= 11 is 0. The van der Waals surface area contributed by atoms with Crippen LogP contribution in [0.2, 0.25) is 0 Å². The number of nitrogens with one attached hydrogen (secondary N) is 2. The zero-order valence-corrected chi connectivity index (χ0v) is 14.9. The largest absolute Gasteiger partial charge is 0.480 e. The van der Waals surface area contributed by atoms with Crippen LogP contribution in [0.5, 0.6) is 0 Å². The second-order valence-corrected chi connectivity index (χ2v) is 5.87. The number of aliphatic carboxylic acids is 1. The van der Waals surface area contributed by atoms with Gasteiger partial charge in [-0.1, -0.05) is 30.3 Å². The van der Waals surface area contributed by atoms with Crippen LogP contribution in [0.1, 0.15) is 31.7 Å². The third-order valence-corrected chi connectivity index (χ3v) is 3.65. The Labute approximate surface area is 156 Å². The number of carbonyl (C=O) groups excluding carboxylic acids is 2. The van der Waals surface area contributed by atoms with Gasteiger partial charge in [-0.25, -0.2) is 9.59 Å². The molecule has 9 heteroatoms. The van der Waals surface area contributed by atoms with Gasteiger partial charge in [-0.15, -0.1) is 0 Å². The van der Waals surface area contributed by atoms with Crippen molar-refractivity contribution in [2.24, 2.45) is 0 Å². The van der Waals surface area contributed by atoms with Crippen molar-refractivity contribution in [3.8, 4) is 6.07 Å². The topological polar surface area (TPSA) is 149 Å². The molecule has 2 amide bonds. The standard InChI is InChI=1S/C18H23N3O6/c1-12(22)15(16(23)20-14(17(24)25)9-5-6-10-19)21-18(26)27-11-13-7-3-2-4-8-13/h2-4,7-8,12,14-15,22H,5-6,9,11H2,1H3,(H,20,23)(H,21,26)(H,24,25)/t12-,14+,15+/m1/s1. The Hall–Kier alpha value is -3.12. The van der Waals surface area contributed by atoms with Gasteiger partial charge in [-0.05, 0) is 25.3 Å². The Morgan fingerprint density at radius 1 is 1.22 bits per heavy atom. The highest BCUT2D eigenvalue weighted by Crippen LogP contribution is 2.04. The number of rotatable bonds is 10. The van der Waals surface area contributed by atoms with E-state index in [9.17, 15) is 19.5 Å². The first-order chi connectivity index (χ1) is 12.8. The van der Waals surface area contributed by atoms with Crippen molar-refractivity contribution in [1.29, 1.82) is 5.26 Å². The molecule has 0 aliphatic carbocycles. The Morgan fingerprint density at radius 3 is 2.44 bits per heavy atom. The van der Waals surface area contributed by atoms with Gasteiger partial charge in [0, 0.05) is 6.42 Å². The molecular weight excluding hydrogens is 354 g/mol. The molecule has 0 aromatic heterocycles. The number of hydrogen-bond acceptors (Lipinski definition) is 6. The minimum absolute atomic E-state index is 0.0211. The Kier molecular flexibility index (Phi) is 9.33. The minimum atomic E-state index is -1.38. The van der Waals surface area contributed by atoms with Gasteiger partial charge in [0.25, 0.3) is 0 Å². The van der Waals surface area contributed by atoms with Gasteiger partial charge in [-0.2, -0.15) is 5.26 Å². The molecule has 0 aliphatic rings. The molecule has 0 spiro atoms. The average molecular weight is 377 g/mol. The summed E-state index contributed by atoms with van der Waals surface area (Å²) < 4.78 is 5.00. The van der Waals surface area contributed by atoms with E-state index in [2.05, 4.69) is 10.6 Å². The number of aliphatic hydroxyl groups is 1. The molecule has 1 aromatic carbocycles. The Bertz CT molecular complexity index is 671. The van der Waals surface area contributed by atoms with Crippen LogP contribution in [0.15, 0.2) is 30.3 Å². The van der Waals surface area contributed by atoms with Gasteiger partial charge in [0.15, 0.2) is 0 Å². The molecule has 1 rings (SSSR count). The number of nitriles is 1. The summed E-state index contributed by atoms with van der Waals surface area (Å²) in [4.78, 5) is 35.4. The maximum absolute atomic E-state index is 12.3. The number of amides is 2. The Balaban J connectivity index is 2.61. The van der Waals surface area contributed by atoms with Gasteiger partial charge >= 0.3 is 12.1 Å². The molecule has 0 radical (unpaired) electrons. The molecule has 0 saturated carbocycles. The van der Waals surface area contributed by atoms with Crippen molar-refractivity contribution >= 4 is 18.0 Å². The summed E-state index contributed by atoms with van der Waals surface area (Å²) in [6.45, 7) is 1.26. The molecule has 0 saturated heterocycles. The lowest BCUT2D eigenvalue weighted by molar-refractivity contribution is -0.142. The summed E-state index contributed by atoms with van der Waals surface area (Å²) in [6, 6.07) is 8.16. The molecule has 3 atom stereocenters. The number of carboxylic acids is 1. The van der Waals surface area contributed by atoms with E-state index in [1.807, 2.05) is 12.1 Å². The van der Waals surface area contributed by atoms with Crippen LogP contribution in [-0.2, 0) is 20.9 Å². The van der Waals surface area contributed by atoms with E-state index in [1.54, 1.807) is 24.3 Å². The summed E-state index contributed by atoms with van der Waals surface area (Å²) in [7, 11) is 0. The maximum Gasteiger partial charge on any atom is 0.408 e. The van der Waals surface area contributed by atoms with Crippen LogP contribution in [0.4, 0.5) is 4.79 Å². The van der Waals surface area contributed by atoms with Gasteiger partial charge in [0.05, 0.1) is 12.2 Å². The maximum atomic E-state index is 12.3. The van der Waals surface area contributed by atoms with Crippen LogP contribution in [0.25, 0.3) is 0 Å². The van der Waals surface area contributed by atoms with E-state index in [0.717, 1.165) is 5.56 Å². The van der Waals surface area contributed by atoms with Crippen molar-refractivity contribution in [3.63, 3.8) is 0 Å². The number of ether oxygens (including phenoxy) is 1. The smallest absolute Gasteiger partial charge is 0.408 e.